The molecule has 0 radical (unpaired) electrons. The van der Waals surface area contributed by atoms with Crippen molar-refractivity contribution in [3.05, 3.63) is 12.3 Å². The van der Waals surface area contributed by atoms with Gasteiger partial charge >= 0.3 is 0 Å². The Labute approximate surface area is 84.0 Å². The van der Waals surface area contributed by atoms with Crippen molar-refractivity contribution in [2.75, 3.05) is 11.4 Å². The molecule has 0 amide bonds. The van der Waals surface area contributed by atoms with E-state index in [1.807, 2.05) is 21.8 Å². The average Bonchev–Trinajstić information content (AvgIpc) is 2.67. The summed E-state index contributed by atoms with van der Waals surface area (Å²) in [6.45, 7) is 3.90. The molecule has 1 aliphatic rings. The fraction of sp³-hybridized carbons (Fsp3) is 0.600. The summed E-state index contributed by atoms with van der Waals surface area (Å²) in [5.74, 6) is 1.63. The molecular weight excluding hydrogens is 176 g/mol. The second-order valence-corrected chi connectivity index (χ2v) is 3.59. The van der Waals surface area contributed by atoms with Crippen molar-refractivity contribution in [3.8, 4) is 0 Å². The van der Waals surface area contributed by atoms with Gasteiger partial charge in [0.15, 0.2) is 5.82 Å². The summed E-state index contributed by atoms with van der Waals surface area (Å²) in [5.41, 5.74) is 0. The van der Waals surface area contributed by atoms with E-state index in [0.29, 0.717) is 5.84 Å². The molecule has 0 bridgehead atoms. The largest absolute Gasteiger partial charge is 0.314 e. The van der Waals surface area contributed by atoms with Crippen LogP contribution in [0.5, 0.6) is 0 Å². The van der Waals surface area contributed by atoms with E-state index in [9.17, 15) is 0 Å². The smallest absolute Gasteiger partial charge is 0.155 e. The molecule has 2 heterocycles. The molecular formula is C10H16N4. The molecule has 2 rings (SSSR count). The molecule has 1 aliphatic heterocycles. The van der Waals surface area contributed by atoms with E-state index >= 15 is 0 Å². The molecule has 0 unspecified atom stereocenters. The maximum absolute atomic E-state index is 7.83. The second kappa shape index (κ2) is 3.82. The van der Waals surface area contributed by atoms with Gasteiger partial charge in [0.05, 0.1) is 0 Å². The average molecular weight is 192 g/mol. The van der Waals surface area contributed by atoms with Crippen LogP contribution >= 0.6 is 0 Å². The molecule has 1 aromatic heterocycles. The molecule has 14 heavy (non-hydrogen) atoms. The van der Waals surface area contributed by atoms with Gasteiger partial charge in [0.1, 0.15) is 5.84 Å². The minimum absolute atomic E-state index is 0.706. The van der Waals surface area contributed by atoms with Crippen molar-refractivity contribution in [2.24, 2.45) is 0 Å². The summed E-state index contributed by atoms with van der Waals surface area (Å²) < 4.78 is 1.90. The first-order chi connectivity index (χ1) is 6.81. The van der Waals surface area contributed by atoms with Crippen LogP contribution in [0, 0.1) is 5.41 Å². The molecule has 1 aromatic rings. The maximum atomic E-state index is 7.83. The summed E-state index contributed by atoms with van der Waals surface area (Å²) in [6, 6.07) is 1.99. The summed E-state index contributed by atoms with van der Waals surface area (Å²) in [5, 5.41) is 12.2. The van der Waals surface area contributed by atoms with Gasteiger partial charge in [-0.2, -0.15) is 5.10 Å². The number of hydrogen-bond acceptors (Lipinski definition) is 2. The topological polar surface area (TPSA) is 44.9 Å². The summed E-state index contributed by atoms with van der Waals surface area (Å²) in [7, 11) is 0. The van der Waals surface area contributed by atoms with Crippen LogP contribution in [-0.2, 0) is 6.54 Å². The predicted octanol–water partition coefficient (Wildman–Crippen LogP) is 1.87. The summed E-state index contributed by atoms with van der Waals surface area (Å²) >= 11 is 0. The number of aromatic nitrogens is 2. The zero-order chi connectivity index (χ0) is 9.97. The Balaban J connectivity index is 2.16. The van der Waals surface area contributed by atoms with Gasteiger partial charge in [0, 0.05) is 31.8 Å². The van der Waals surface area contributed by atoms with Gasteiger partial charge in [-0.1, -0.05) is 0 Å². The molecule has 0 spiro atoms. The zero-order valence-corrected chi connectivity index (χ0v) is 8.53. The van der Waals surface area contributed by atoms with Crippen molar-refractivity contribution >= 4 is 11.7 Å². The Kier molecular flexibility index (Phi) is 2.52. The Hall–Kier alpha value is -1.32. The highest BCUT2D eigenvalue weighted by atomic mass is 15.4. The first-order valence-electron chi connectivity index (χ1n) is 5.19. The number of hydrogen-bond donors (Lipinski definition) is 1. The summed E-state index contributed by atoms with van der Waals surface area (Å²) in [6.07, 6.45) is 5.17. The third kappa shape index (κ3) is 1.64. The number of aryl methyl sites for hydroxylation is 1. The van der Waals surface area contributed by atoms with Crippen LogP contribution in [0.25, 0.3) is 0 Å². The number of rotatable bonds is 2. The lowest BCUT2D eigenvalue weighted by atomic mass is 10.1. The van der Waals surface area contributed by atoms with Crippen molar-refractivity contribution < 1.29 is 0 Å². The molecule has 4 nitrogen and oxygen atoms in total. The molecule has 76 valence electrons. The third-order valence-corrected chi connectivity index (χ3v) is 2.60. The van der Waals surface area contributed by atoms with E-state index in [1.54, 1.807) is 0 Å². The highest BCUT2D eigenvalue weighted by Crippen LogP contribution is 2.18. The monoisotopic (exact) mass is 192 g/mol. The molecule has 1 N–H and O–H groups in total. The van der Waals surface area contributed by atoms with E-state index in [0.717, 1.165) is 31.7 Å². The Bertz CT molecular complexity index is 329. The lowest BCUT2D eigenvalue weighted by molar-refractivity contribution is 0.648. The van der Waals surface area contributed by atoms with Crippen molar-refractivity contribution in [3.63, 3.8) is 0 Å². The van der Waals surface area contributed by atoms with Crippen LogP contribution in [0.4, 0.5) is 5.82 Å². The predicted molar refractivity (Wildman–Crippen MR) is 56.8 cm³/mol. The lowest BCUT2D eigenvalue weighted by Crippen LogP contribution is -2.35. The van der Waals surface area contributed by atoms with Crippen LogP contribution in [0.2, 0.25) is 0 Å². The number of piperidine rings is 1. The van der Waals surface area contributed by atoms with Gasteiger partial charge in [-0.05, 0) is 19.8 Å². The number of anilines is 1. The molecule has 4 heteroatoms. The Morgan fingerprint density at radius 1 is 1.50 bits per heavy atom. The van der Waals surface area contributed by atoms with E-state index in [-0.39, 0.29) is 0 Å². The van der Waals surface area contributed by atoms with E-state index in [1.165, 1.54) is 6.42 Å². The highest BCUT2D eigenvalue weighted by molar-refractivity contribution is 5.95. The van der Waals surface area contributed by atoms with E-state index in [4.69, 9.17) is 5.41 Å². The van der Waals surface area contributed by atoms with E-state index < -0.39 is 0 Å². The molecule has 0 aromatic carbocycles. The van der Waals surface area contributed by atoms with Crippen molar-refractivity contribution in [1.29, 1.82) is 5.41 Å². The van der Waals surface area contributed by atoms with Crippen LogP contribution in [0.1, 0.15) is 26.2 Å². The highest BCUT2D eigenvalue weighted by Gasteiger charge is 2.18. The fourth-order valence-electron chi connectivity index (χ4n) is 1.76. The number of nitrogens with one attached hydrogen (secondary N) is 1. The van der Waals surface area contributed by atoms with Gasteiger partial charge in [-0.25, -0.2) is 0 Å². The first kappa shape index (κ1) is 9.24. The molecule has 0 atom stereocenters. The van der Waals surface area contributed by atoms with Gasteiger partial charge in [0.25, 0.3) is 0 Å². The Morgan fingerprint density at radius 2 is 2.36 bits per heavy atom. The van der Waals surface area contributed by atoms with Crippen LogP contribution in [-0.4, -0.2) is 22.2 Å². The minimum atomic E-state index is 0.706. The van der Waals surface area contributed by atoms with Gasteiger partial charge in [0.2, 0.25) is 0 Å². The fourth-order valence-corrected chi connectivity index (χ4v) is 1.76. The van der Waals surface area contributed by atoms with Gasteiger partial charge < -0.3 is 4.90 Å². The lowest BCUT2D eigenvalue weighted by Gasteiger charge is -2.26. The normalized spacial score (nSPS) is 17.5. The minimum Gasteiger partial charge on any atom is -0.314 e. The second-order valence-electron chi connectivity index (χ2n) is 3.59. The van der Waals surface area contributed by atoms with Crippen molar-refractivity contribution in [2.45, 2.75) is 32.7 Å². The van der Waals surface area contributed by atoms with Gasteiger partial charge in [-0.3, -0.25) is 10.1 Å². The third-order valence-electron chi connectivity index (χ3n) is 2.60. The Morgan fingerprint density at radius 3 is 3.00 bits per heavy atom. The van der Waals surface area contributed by atoms with Crippen LogP contribution in [0.3, 0.4) is 0 Å². The summed E-state index contributed by atoms with van der Waals surface area (Å²) in [4.78, 5) is 2.01. The van der Waals surface area contributed by atoms with Crippen LogP contribution in [0.15, 0.2) is 12.3 Å². The first-order valence-corrected chi connectivity index (χ1v) is 5.19. The SMILES string of the molecule is CCn1ccc(N2CCCCC2=N)n1. The quantitative estimate of drug-likeness (QED) is 0.777. The van der Waals surface area contributed by atoms with Gasteiger partial charge in [-0.15, -0.1) is 0 Å². The molecule has 0 aliphatic carbocycles. The zero-order valence-electron chi connectivity index (χ0n) is 8.53. The standard InChI is InChI=1S/C10H16N4/c1-2-13-8-6-10(12-13)14-7-4-3-5-9(14)11/h6,8,11H,2-5,7H2,1H3. The van der Waals surface area contributed by atoms with E-state index in [2.05, 4.69) is 12.0 Å². The van der Waals surface area contributed by atoms with Crippen LogP contribution < -0.4 is 4.90 Å². The molecule has 0 saturated carbocycles. The van der Waals surface area contributed by atoms with Crippen molar-refractivity contribution in [1.82, 2.24) is 9.78 Å². The number of amidine groups is 1. The molecule has 1 fully saturated rings. The maximum Gasteiger partial charge on any atom is 0.155 e. The molecule has 1 saturated heterocycles. The number of nitrogens with zero attached hydrogens (tertiary/aromatic N) is 3.